The smallest absolute Gasteiger partial charge is 0.211 e. The molecule has 0 saturated carbocycles. The van der Waals surface area contributed by atoms with E-state index in [0.29, 0.717) is 24.4 Å². The summed E-state index contributed by atoms with van der Waals surface area (Å²) in [5, 5.41) is 0. The molecule has 0 spiro atoms. The normalized spacial score (nSPS) is 12.7. The van der Waals surface area contributed by atoms with Crippen LogP contribution in [0.5, 0.6) is 0 Å². The lowest BCUT2D eigenvalue weighted by Crippen LogP contribution is -2.34. The number of alkyl halides is 1. The molecule has 0 aliphatic carbocycles. The van der Waals surface area contributed by atoms with Crippen molar-refractivity contribution < 1.29 is 12.8 Å². The van der Waals surface area contributed by atoms with Crippen molar-refractivity contribution in [3.63, 3.8) is 0 Å². The first-order valence-corrected chi connectivity index (χ1v) is 8.01. The predicted octanol–water partition coefficient (Wildman–Crippen LogP) is 3.07. The van der Waals surface area contributed by atoms with Gasteiger partial charge in [-0.05, 0) is 42.5 Å². The molecule has 3 nitrogen and oxygen atoms in total. The molecule has 0 unspecified atom stereocenters. The first-order chi connectivity index (χ1) is 8.68. The summed E-state index contributed by atoms with van der Waals surface area (Å²) in [6.07, 6.45) is 0.708. The van der Waals surface area contributed by atoms with Crippen LogP contribution in [-0.2, 0) is 10.0 Å². The Balaban J connectivity index is 2.87. The minimum Gasteiger partial charge on any atom is -0.211 e. The number of hydrogen-bond acceptors (Lipinski definition) is 2. The zero-order valence-electron chi connectivity index (χ0n) is 11.3. The lowest BCUT2D eigenvalue weighted by Gasteiger charge is -2.24. The second-order valence-corrected chi connectivity index (χ2v) is 7.45. The summed E-state index contributed by atoms with van der Waals surface area (Å²) < 4.78 is 39.8. The molecule has 1 N–H and O–H groups in total. The largest absolute Gasteiger partial charge is 0.240 e. The van der Waals surface area contributed by atoms with Gasteiger partial charge in [0.15, 0.2) is 0 Å². The summed E-state index contributed by atoms with van der Waals surface area (Å²) in [6.45, 7) is 5.74. The van der Waals surface area contributed by atoms with Crippen LogP contribution in [0.1, 0.15) is 25.8 Å². The summed E-state index contributed by atoms with van der Waals surface area (Å²) in [6, 6.07) is 3.63. The topological polar surface area (TPSA) is 46.2 Å². The lowest BCUT2D eigenvalue weighted by atomic mass is 9.91. The van der Waals surface area contributed by atoms with E-state index in [4.69, 9.17) is 11.6 Å². The van der Waals surface area contributed by atoms with E-state index in [1.807, 2.05) is 13.8 Å². The minimum atomic E-state index is -3.62. The number of sulfonamides is 1. The van der Waals surface area contributed by atoms with Gasteiger partial charge >= 0.3 is 0 Å². The first-order valence-electron chi connectivity index (χ1n) is 6.00. The third-order valence-electron chi connectivity index (χ3n) is 2.94. The highest BCUT2D eigenvalue weighted by Gasteiger charge is 2.23. The molecule has 0 fully saturated rings. The number of rotatable bonds is 6. The highest BCUT2D eigenvalue weighted by molar-refractivity contribution is 7.89. The Hall–Kier alpha value is -0.650. The van der Waals surface area contributed by atoms with Crippen molar-refractivity contribution in [2.24, 2.45) is 5.41 Å². The van der Waals surface area contributed by atoms with Gasteiger partial charge in [-0.1, -0.05) is 13.8 Å². The predicted molar refractivity (Wildman–Crippen MR) is 75.4 cm³/mol. The maximum atomic E-state index is 13.0. The van der Waals surface area contributed by atoms with E-state index < -0.39 is 15.8 Å². The van der Waals surface area contributed by atoms with E-state index in [2.05, 4.69) is 4.72 Å². The minimum absolute atomic E-state index is 0.107. The number of benzene rings is 1. The number of halogens is 2. The van der Waals surface area contributed by atoms with Crippen LogP contribution < -0.4 is 4.72 Å². The average Bonchev–Trinajstić information content (AvgIpc) is 2.26. The Morgan fingerprint density at radius 3 is 2.53 bits per heavy atom. The van der Waals surface area contributed by atoms with Crippen LogP contribution in [0, 0.1) is 18.2 Å². The van der Waals surface area contributed by atoms with Crippen molar-refractivity contribution in [1.82, 2.24) is 4.72 Å². The molecule has 0 bridgehead atoms. The fourth-order valence-electron chi connectivity index (χ4n) is 1.63. The van der Waals surface area contributed by atoms with E-state index in [9.17, 15) is 12.8 Å². The maximum Gasteiger partial charge on any atom is 0.240 e. The molecule has 1 aromatic carbocycles. The van der Waals surface area contributed by atoms with Crippen LogP contribution in [-0.4, -0.2) is 20.8 Å². The van der Waals surface area contributed by atoms with Crippen molar-refractivity contribution in [2.75, 3.05) is 12.4 Å². The van der Waals surface area contributed by atoms with Gasteiger partial charge in [-0.25, -0.2) is 17.5 Å². The Morgan fingerprint density at radius 2 is 2.00 bits per heavy atom. The zero-order chi connectivity index (χ0) is 14.7. The van der Waals surface area contributed by atoms with Crippen LogP contribution in [0.25, 0.3) is 0 Å². The third-order valence-corrected chi connectivity index (χ3v) is 4.69. The van der Waals surface area contributed by atoms with Gasteiger partial charge in [-0.2, -0.15) is 0 Å². The Morgan fingerprint density at radius 1 is 1.37 bits per heavy atom. The van der Waals surface area contributed by atoms with Crippen molar-refractivity contribution in [3.05, 3.63) is 29.6 Å². The van der Waals surface area contributed by atoms with Crippen LogP contribution in [0.2, 0.25) is 0 Å². The summed E-state index contributed by atoms with van der Waals surface area (Å²) in [7, 11) is -3.62. The molecular weight excluding hydrogens is 289 g/mol. The Bertz CT molecular complexity index is 544. The maximum absolute atomic E-state index is 13.0. The Kier molecular flexibility index (Phi) is 5.35. The number of hydrogen-bond donors (Lipinski definition) is 1. The van der Waals surface area contributed by atoms with Gasteiger partial charge in [0.1, 0.15) is 5.82 Å². The molecule has 0 aromatic heterocycles. The summed E-state index contributed by atoms with van der Waals surface area (Å²) in [5.74, 6) is 0.0310. The first kappa shape index (κ1) is 16.4. The van der Waals surface area contributed by atoms with E-state index in [1.165, 1.54) is 12.1 Å². The monoisotopic (exact) mass is 307 g/mol. The highest BCUT2D eigenvalue weighted by Crippen LogP contribution is 2.22. The van der Waals surface area contributed by atoms with E-state index in [1.54, 1.807) is 6.92 Å². The molecule has 6 heteroatoms. The van der Waals surface area contributed by atoms with E-state index in [-0.39, 0.29) is 10.3 Å². The van der Waals surface area contributed by atoms with Gasteiger partial charge in [0, 0.05) is 12.4 Å². The molecule has 0 aliphatic heterocycles. The fraction of sp³-hybridized carbons (Fsp3) is 0.538. The molecule has 0 atom stereocenters. The van der Waals surface area contributed by atoms with Gasteiger partial charge in [0.25, 0.3) is 0 Å². The van der Waals surface area contributed by atoms with Gasteiger partial charge < -0.3 is 0 Å². The van der Waals surface area contributed by atoms with Crippen LogP contribution >= 0.6 is 11.6 Å². The molecule has 19 heavy (non-hydrogen) atoms. The van der Waals surface area contributed by atoms with E-state index in [0.717, 1.165) is 6.07 Å². The van der Waals surface area contributed by atoms with Crippen molar-refractivity contribution >= 4 is 21.6 Å². The molecule has 0 aliphatic rings. The number of aryl methyl sites for hydroxylation is 1. The zero-order valence-corrected chi connectivity index (χ0v) is 12.9. The van der Waals surface area contributed by atoms with Crippen LogP contribution in [0.15, 0.2) is 23.1 Å². The summed E-state index contributed by atoms with van der Waals surface area (Å²) in [5.41, 5.74) is 0.172. The molecule has 0 amide bonds. The second-order valence-electron chi connectivity index (χ2n) is 5.34. The molecular formula is C13H19ClFNO2S. The SMILES string of the molecule is Cc1cc(F)ccc1S(=O)(=O)NCC(C)(C)CCCl. The van der Waals surface area contributed by atoms with Crippen molar-refractivity contribution in [1.29, 1.82) is 0 Å². The van der Waals surface area contributed by atoms with Gasteiger partial charge in [0.2, 0.25) is 10.0 Å². The molecule has 1 rings (SSSR count). The second kappa shape index (κ2) is 6.20. The standard InChI is InChI=1S/C13H19ClFNO2S/c1-10-8-11(15)4-5-12(10)19(17,18)16-9-13(2,3)6-7-14/h4-5,8,16H,6-7,9H2,1-3H3. The quantitative estimate of drug-likeness (QED) is 0.821. The molecule has 0 radical (unpaired) electrons. The summed E-state index contributed by atoms with van der Waals surface area (Å²) in [4.78, 5) is 0.107. The third kappa shape index (κ3) is 4.75. The summed E-state index contributed by atoms with van der Waals surface area (Å²) >= 11 is 5.68. The van der Waals surface area contributed by atoms with Crippen molar-refractivity contribution in [2.45, 2.75) is 32.1 Å². The van der Waals surface area contributed by atoms with Crippen molar-refractivity contribution in [3.8, 4) is 0 Å². The highest BCUT2D eigenvalue weighted by atomic mass is 35.5. The van der Waals surface area contributed by atoms with Gasteiger partial charge in [0.05, 0.1) is 4.90 Å². The number of nitrogens with one attached hydrogen (secondary N) is 1. The van der Waals surface area contributed by atoms with Crippen LogP contribution in [0.3, 0.4) is 0 Å². The van der Waals surface area contributed by atoms with Gasteiger partial charge in [-0.15, -0.1) is 11.6 Å². The fourth-order valence-corrected chi connectivity index (χ4v) is 3.60. The van der Waals surface area contributed by atoms with E-state index >= 15 is 0 Å². The average molecular weight is 308 g/mol. The lowest BCUT2D eigenvalue weighted by molar-refractivity contribution is 0.352. The van der Waals surface area contributed by atoms with Gasteiger partial charge in [-0.3, -0.25) is 0 Å². The molecule has 0 heterocycles. The molecule has 0 saturated heterocycles. The Labute approximate surface area is 119 Å². The molecule has 1 aromatic rings. The van der Waals surface area contributed by atoms with Crippen LogP contribution in [0.4, 0.5) is 4.39 Å². The molecule has 108 valence electrons.